The van der Waals surface area contributed by atoms with Crippen LogP contribution in [0.2, 0.25) is 0 Å². The highest BCUT2D eigenvalue weighted by Crippen LogP contribution is 2.31. The van der Waals surface area contributed by atoms with Crippen molar-refractivity contribution in [3.8, 4) is 0 Å². The molecule has 1 aromatic rings. The number of carboxylic acid groups (broad SMARTS) is 1. The summed E-state index contributed by atoms with van der Waals surface area (Å²) >= 11 is 0. The van der Waals surface area contributed by atoms with E-state index in [0.717, 1.165) is 6.26 Å². The van der Waals surface area contributed by atoms with E-state index in [4.69, 9.17) is 0 Å². The molecule has 1 aromatic carbocycles. The van der Waals surface area contributed by atoms with Crippen LogP contribution in [0.25, 0.3) is 0 Å². The van der Waals surface area contributed by atoms with E-state index in [2.05, 4.69) is 0 Å². The van der Waals surface area contributed by atoms with Crippen LogP contribution < -0.4 is 0 Å². The highest BCUT2D eigenvalue weighted by atomic mass is 32.2. The van der Waals surface area contributed by atoms with Gasteiger partial charge in [0.25, 0.3) is 5.91 Å². The van der Waals surface area contributed by atoms with E-state index < -0.39 is 21.2 Å². The van der Waals surface area contributed by atoms with Crippen LogP contribution in [-0.4, -0.2) is 49.6 Å². The predicted octanol–water partition coefficient (Wildman–Crippen LogP) is 1.34. The number of amides is 1. The molecule has 1 fully saturated rings. The van der Waals surface area contributed by atoms with Gasteiger partial charge in [-0.1, -0.05) is 6.07 Å². The Kier molecular flexibility index (Phi) is 4.04. The summed E-state index contributed by atoms with van der Waals surface area (Å²) in [7, 11) is -3.40. The second-order valence-corrected chi connectivity index (χ2v) is 8.11. The van der Waals surface area contributed by atoms with Crippen LogP contribution in [0, 0.1) is 12.3 Å². The molecule has 0 radical (unpaired) electrons. The fraction of sp³-hybridized carbons (Fsp3) is 0.467. The molecule has 1 aliphatic heterocycles. The summed E-state index contributed by atoms with van der Waals surface area (Å²) in [5.41, 5.74) is 0.0248. The van der Waals surface area contributed by atoms with Gasteiger partial charge >= 0.3 is 5.97 Å². The molecule has 1 aliphatic rings. The normalized spacial score (nSPS) is 21.9. The molecular formula is C15H19NO5S. The first kappa shape index (κ1) is 16.5. The van der Waals surface area contributed by atoms with Crippen LogP contribution in [0.5, 0.6) is 0 Å². The number of carboxylic acids is 1. The highest BCUT2D eigenvalue weighted by molar-refractivity contribution is 7.90. The maximum absolute atomic E-state index is 12.6. The van der Waals surface area contributed by atoms with E-state index in [0.29, 0.717) is 24.1 Å². The Bertz CT molecular complexity index is 740. The average molecular weight is 325 g/mol. The summed E-state index contributed by atoms with van der Waals surface area (Å²) < 4.78 is 23.3. The molecule has 1 saturated heterocycles. The zero-order chi connectivity index (χ0) is 16.7. The van der Waals surface area contributed by atoms with Crippen molar-refractivity contribution in [2.45, 2.75) is 25.2 Å². The number of carbonyl (C=O) groups excluding carboxylic acids is 1. The number of rotatable bonds is 3. The molecule has 0 bridgehead atoms. The van der Waals surface area contributed by atoms with Gasteiger partial charge in [-0.3, -0.25) is 9.59 Å². The molecule has 1 atom stereocenters. The zero-order valence-corrected chi connectivity index (χ0v) is 13.6. The summed E-state index contributed by atoms with van der Waals surface area (Å²) in [6.45, 7) is 3.82. The van der Waals surface area contributed by atoms with Crippen molar-refractivity contribution >= 4 is 21.7 Å². The number of benzene rings is 1. The van der Waals surface area contributed by atoms with E-state index in [1.54, 1.807) is 19.9 Å². The average Bonchev–Trinajstić information content (AvgIpc) is 2.81. The lowest BCUT2D eigenvalue weighted by Gasteiger charge is -2.21. The number of likely N-dealkylation sites (tertiary alicyclic amines) is 1. The minimum Gasteiger partial charge on any atom is -0.481 e. The van der Waals surface area contributed by atoms with E-state index in [-0.39, 0.29) is 17.3 Å². The molecule has 6 nitrogen and oxygen atoms in total. The van der Waals surface area contributed by atoms with Crippen LogP contribution in [0.1, 0.15) is 29.3 Å². The van der Waals surface area contributed by atoms with E-state index in [1.807, 2.05) is 0 Å². The van der Waals surface area contributed by atoms with Crippen molar-refractivity contribution in [2.24, 2.45) is 5.41 Å². The first-order valence-electron chi connectivity index (χ1n) is 6.88. The van der Waals surface area contributed by atoms with E-state index >= 15 is 0 Å². The fourth-order valence-electron chi connectivity index (χ4n) is 2.54. The monoisotopic (exact) mass is 325 g/mol. The lowest BCUT2D eigenvalue weighted by atomic mass is 9.90. The van der Waals surface area contributed by atoms with Crippen LogP contribution in [0.3, 0.4) is 0 Å². The van der Waals surface area contributed by atoms with E-state index in [1.165, 1.54) is 17.0 Å². The van der Waals surface area contributed by atoms with Crippen molar-refractivity contribution in [3.05, 3.63) is 29.3 Å². The van der Waals surface area contributed by atoms with Gasteiger partial charge in [-0.2, -0.15) is 0 Å². The highest BCUT2D eigenvalue weighted by Gasteiger charge is 2.42. The predicted molar refractivity (Wildman–Crippen MR) is 80.6 cm³/mol. The van der Waals surface area contributed by atoms with Gasteiger partial charge in [0.15, 0.2) is 9.84 Å². The zero-order valence-electron chi connectivity index (χ0n) is 12.8. The van der Waals surface area contributed by atoms with Crippen molar-refractivity contribution in [1.29, 1.82) is 0 Å². The van der Waals surface area contributed by atoms with Crippen LogP contribution in [0.4, 0.5) is 0 Å². The molecule has 0 aromatic heterocycles. The number of carbonyl (C=O) groups is 2. The first-order chi connectivity index (χ1) is 10.0. The Hall–Kier alpha value is -1.89. The van der Waals surface area contributed by atoms with Crippen molar-refractivity contribution in [3.63, 3.8) is 0 Å². The van der Waals surface area contributed by atoms with Crippen LogP contribution >= 0.6 is 0 Å². The Morgan fingerprint density at radius 2 is 1.95 bits per heavy atom. The molecule has 1 heterocycles. The summed E-state index contributed by atoms with van der Waals surface area (Å²) in [5.74, 6) is -1.25. The molecule has 1 unspecified atom stereocenters. The van der Waals surface area contributed by atoms with Gasteiger partial charge in [-0.25, -0.2) is 8.42 Å². The SMILES string of the molecule is Cc1ccc(S(C)(=O)=O)cc1C(=O)N1CCC(C)(C(=O)O)C1. The van der Waals surface area contributed by atoms with Crippen molar-refractivity contribution in [1.82, 2.24) is 4.90 Å². The van der Waals surface area contributed by atoms with Gasteiger partial charge in [0.2, 0.25) is 0 Å². The van der Waals surface area contributed by atoms with Crippen LogP contribution in [0.15, 0.2) is 23.1 Å². The van der Waals surface area contributed by atoms with Crippen molar-refractivity contribution in [2.75, 3.05) is 19.3 Å². The number of aliphatic carboxylic acids is 1. The summed E-state index contributed by atoms with van der Waals surface area (Å²) in [4.78, 5) is 25.4. The smallest absolute Gasteiger partial charge is 0.311 e. The maximum atomic E-state index is 12.6. The van der Waals surface area contributed by atoms with Crippen LogP contribution in [-0.2, 0) is 14.6 Å². The maximum Gasteiger partial charge on any atom is 0.311 e. The van der Waals surface area contributed by atoms with Gasteiger partial charge in [-0.15, -0.1) is 0 Å². The van der Waals surface area contributed by atoms with Gasteiger partial charge in [0.1, 0.15) is 0 Å². The molecule has 22 heavy (non-hydrogen) atoms. The standard InChI is InChI=1S/C15H19NO5S/c1-10-4-5-11(22(3,20)21)8-12(10)13(17)16-7-6-15(2,9-16)14(18)19/h4-5,8H,6-7,9H2,1-3H3,(H,18,19). The minimum atomic E-state index is -3.40. The largest absolute Gasteiger partial charge is 0.481 e. The number of nitrogens with zero attached hydrogens (tertiary/aromatic N) is 1. The van der Waals surface area contributed by atoms with Gasteiger partial charge in [0, 0.05) is 24.9 Å². The number of sulfone groups is 1. The molecular weight excluding hydrogens is 306 g/mol. The fourth-order valence-corrected chi connectivity index (χ4v) is 3.19. The third-order valence-corrected chi connectivity index (χ3v) is 5.25. The topological polar surface area (TPSA) is 91.8 Å². The molecule has 0 aliphatic carbocycles. The lowest BCUT2D eigenvalue weighted by molar-refractivity contribution is -0.147. The first-order valence-corrected chi connectivity index (χ1v) is 8.77. The second-order valence-electron chi connectivity index (χ2n) is 6.09. The van der Waals surface area contributed by atoms with E-state index in [9.17, 15) is 23.1 Å². The Balaban J connectivity index is 2.33. The molecule has 0 spiro atoms. The summed E-state index contributed by atoms with van der Waals surface area (Å²) in [6.07, 6.45) is 1.47. The molecule has 0 saturated carbocycles. The lowest BCUT2D eigenvalue weighted by Crippen LogP contribution is -2.35. The van der Waals surface area contributed by atoms with Gasteiger partial charge in [0.05, 0.1) is 10.3 Å². The van der Waals surface area contributed by atoms with Crippen molar-refractivity contribution < 1.29 is 23.1 Å². The summed E-state index contributed by atoms with van der Waals surface area (Å²) in [5, 5.41) is 9.23. The Morgan fingerprint density at radius 3 is 2.45 bits per heavy atom. The molecule has 2 rings (SSSR count). The number of hydrogen-bond donors (Lipinski definition) is 1. The number of hydrogen-bond acceptors (Lipinski definition) is 4. The summed E-state index contributed by atoms with van der Waals surface area (Å²) in [6, 6.07) is 4.42. The molecule has 7 heteroatoms. The molecule has 1 N–H and O–H groups in total. The Morgan fingerprint density at radius 1 is 1.32 bits per heavy atom. The Labute approximate surface area is 129 Å². The van der Waals surface area contributed by atoms with Gasteiger partial charge < -0.3 is 10.0 Å². The third-order valence-electron chi connectivity index (χ3n) is 4.14. The minimum absolute atomic E-state index is 0.0849. The molecule has 120 valence electrons. The molecule has 1 amide bonds. The third kappa shape index (κ3) is 2.99. The quantitative estimate of drug-likeness (QED) is 0.905. The second kappa shape index (κ2) is 5.39. The van der Waals surface area contributed by atoms with Gasteiger partial charge in [-0.05, 0) is 38.0 Å². The number of aryl methyl sites for hydroxylation is 1.